The molecule has 6 nitrogen and oxygen atoms in total. The first-order valence-electron chi connectivity index (χ1n) is 10.1. The van der Waals surface area contributed by atoms with Crippen molar-refractivity contribution in [3.8, 4) is 0 Å². The molecule has 0 radical (unpaired) electrons. The number of nitrogens with two attached hydrogens (primary N) is 1. The van der Waals surface area contributed by atoms with Gasteiger partial charge in [-0.15, -0.1) is 0 Å². The van der Waals surface area contributed by atoms with Gasteiger partial charge in [-0.2, -0.15) is 0 Å². The van der Waals surface area contributed by atoms with E-state index < -0.39 is 18.6 Å². The van der Waals surface area contributed by atoms with Gasteiger partial charge < -0.3 is 20.9 Å². The molecule has 1 heterocycles. The van der Waals surface area contributed by atoms with Crippen molar-refractivity contribution in [3.05, 3.63) is 35.6 Å². The molecule has 1 aromatic carbocycles. The Morgan fingerprint density at radius 2 is 1.90 bits per heavy atom. The van der Waals surface area contributed by atoms with E-state index in [0.717, 1.165) is 33.3 Å². The van der Waals surface area contributed by atoms with Gasteiger partial charge in [0, 0.05) is 24.9 Å². The highest BCUT2D eigenvalue weighted by Gasteiger charge is 2.43. The molecule has 0 bridgehead atoms. The number of halogens is 1. The van der Waals surface area contributed by atoms with Crippen LogP contribution in [0.1, 0.15) is 37.7 Å². The molecule has 1 aliphatic heterocycles. The average molecular weight is 424 g/mol. The van der Waals surface area contributed by atoms with E-state index in [4.69, 9.17) is 15.8 Å². The van der Waals surface area contributed by atoms with Crippen LogP contribution in [0.15, 0.2) is 24.3 Å². The fourth-order valence-corrected chi connectivity index (χ4v) is 4.82. The summed E-state index contributed by atoms with van der Waals surface area (Å²) in [6, 6.07) is 6.53. The molecule has 0 amide bonds. The third-order valence-electron chi connectivity index (χ3n) is 5.82. The molecule has 0 aromatic heterocycles. The highest BCUT2D eigenvalue weighted by molar-refractivity contribution is 7.39. The number of piperidine rings is 1. The minimum atomic E-state index is -1.36. The van der Waals surface area contributed by atoms with Crippen LogP contribution >= 0.6 is 8.20 Å². The van der Waals surface area contributed by atoms with Gasteiger partial charge in [-0.3, -0.25) is 9.69 Å². The third kappa shape index (κ3) is 6.87. The Hall–Kier alpha value is -1.31. The molecule has 0 saturated carbocycles. The Morgan fingerprint density at radius 1 is 1.28 bits per heavy atom. The van der Waals surface area contributed by atoms with Crippen molar-refractivity contribution in [1.82, 2.24) is 4.90 Å². The van der Waals surface area contributed by atoms with Crippen LogP contribution in [0.5, 0.6) is 0 Å². The van der Waals surface area contributed by atoms with E-state index in [9.17, 15) is 14.3 Å². The summed E-state index contributed by atoms with van der Waals surface area (Å²) in [4.78, 5) is 14.2. The number of carboxylic acid groups (broad SMARTS) is 1. The molecule has 1 unspecified atom stereocenters. The van der Waals surface area contributed by atoms with Crippen LogP contribution in [0.25, 0.3) is 0 Å². The Kier molecular flexibility index (Phi) is 9.24. The van der Waals surface area contributed by atoms with Gasteiger partial charge in [0.25, 0.3) is 0 Å². The first-order chi connectivity index (χ1) is 13.8. The lowest BCUT2D eigenvalue weighted by Gasteiger charge is -2.40. The van der Waals surface area contributed by atoms with Crippen LogP contribution in [0.4, 0.5) is 4.39 Å². The molecule has 160 valence electrons. The van der Waals surface area contributed by atoms with Gasteiger partial charge in [0.15, 0.2) is 0 Å². The largest absolute Gasteiger partial charge is 0.480 e. The highest BCUT2D eigenvalue weighted by Crippen LogP contribution is 2.32. The SMILES string of the molecule is CP=C(Cc1ccc(F)cc1)N1CCC(C(N)(CCCCB(O)O)C(=O)O)CC1. The number of benzene rings is 1. The number of carbonyl (C=O) groups is 1. The van der Waals surface area contributed by atoms with Crippen molar-refractivity contribution in [2.45, 2.75) is 50.4 Å². The second-order valence-corrected chi connectivity index (χ2v) is 8.74. The lowest BCUT2D eigenvalue weighted by atomic mass is 9.74. The van der Waals surface area contributed by atoms with Crippen LogP contribution in [-0.4, -0.2) is 63.9 Å². The van der Waals surface area contributed by atoms with Crippen LogP contribution in [0.2, 0.25) is 6.32 Å². The van der Waals surface area contributed by atoms with E-state index in [2.05, 4.69) is 11.6 Å². The van der Waals surface area contributed by atoms with Crippen molar-refractivity contribution in [1.29, 1.82) is 0 Å². The summed E-state index contributed by atoms with van der Waals surface area (Å²) in [6.45, 7) is 3.58. The van der Waals surface area contributed by atoms with Crippen LogP contribution in [0.3, 0.4) is 0 Å². The molecule has 1 fully saturated rings. The van der Waals surface area contributed by atoms with Crippen molar-refractivity contribution in [3.63, 3.8) is 0 Å². The van der Waals surface area contributed by atoms with E-state index in [0.29, 0.717) is 32.1 Å². The zero-order valence-corrected chi connectivity index (χ0v) is 17.8. The number of unbranched alkanes of at least 4 members (excludes halogenated alkanes) is 1. The molecule has 1 aliphatic rings. The normalized spacial score (nSPS) is 18.4. The van der Waals surface area contributed by atoms with E-state index >= 15 is 0 Å². The van der Waals surface area contributed by atoms with Crippen LogP contribution < -0.4 is 5.73 Å². The van der Waals surface area contributed by atoms with Crippen molar-refractivity contribution in [2.24, 2.45) is 11.7 Å². The number of hydrogen-bond donors (Lipinski definition) is 4. The molecule has 2 rings (SSSR count). The van der Waals surface area contributed by atoms with Crippen molar-refractivity contribution in [2.75, 3.05) is 19.8 Å². The Morgan fingerprint density at radius 3 is 2.41 bits per heavy atom. The summed E-state index contributed by atoms with van der Waals surface area (Å²) < 4.78 is 13.1. The number of rotatable bonds is 10. The summed E-state index contributed by atoms with van der Waals surface area (Å²) in [5, 5.41) is 27.6. The minimum Gasteiger partial charge on any atom is -0.480 e. The molecule has 1 saturated heterocycles. The summed E-state index contributed by atoms with van der Waals surface area (Å²) in [5.74, 6) is -1.34. The highest BCUT2D eigenvalue weighted by atomic mass is 31.1. The van der Waals surface area contributed by atoms with Gasteiger partial charge in [0.05, 0.1) is 0 Å². The van der Waals surface area contributed by atoms with E-state index in [-0.39, 0.29) is 18.1 Å². The first-order valence-corrected chi connectivity index (χ1v) is 11.4. The maximum Gasteiger partial charge on any atom is 0.451 e. The Balaban J connectivity index is 1.93. The van der Waals surface area contributed by atoms with Gasteiger partial charge >= 0.3 is 13.1 Å². The molecule has 5 N–H and O–H groups in total. The number of nitrogens with zero attached hydrogens (tertiary/aromatic N) is 1. The smallest absolute Gasteiger partial charge is 0.451 e. The maximum absolute atomic E-state index is 13.1. The van der Waals surface area contributed by atoms with E-state index in [1.165, 1.54) is 17.6 Å². The molecule has 29 heavy (non-hydrogen) atoms. The number of hydrogen-bond acceptors (Lipinski definition) is 4. The summed E-state index contributed by atoms with van der Waals surface area (Å²) >= 11 is 0. The molecular weight excluding hydrogens is 393 g/mol. The average Bonchev–Trinajstić information content (AvgIpc) is 2.70. The lowest BCUT2D eigenvalue weighted by Crippen LogP contribution is -2.57. The fourth-order valence-electron chi connectivity index (χ4n) is 4.00. The Labute approximate surface area is 173 Å². The monoisotopic (exact) mass is 424 g/mol. The van der Waals surface area contributed by atoms with Gasteiger partial charge in [0.2, 0.25) is 0 Å². The van der Waals surface area contributed by atoms with Gasteiger partial charge in [-0.1, -0.05) is 33.2 Å². The number of carboxylic acids is 1. The molecule has 9 heteroatoms. The minimum absolute atomic E-state index is 0.115. The summed E-state index contributed by atoms with van der Waals surface area (Å²) in [5.41, 5.74) is 7.35. The molecule has 1 aromatic rings. The third-order valence-corrected chi connectivity index (χ3v) is 6.78. The molecule has 0 spiro atoms. The second kappa shape index (κ2) is 11.2. The predicted octanol–water partition coefficient (Wildman–Crippen LogP) is 2.21. The maximum atomic E-state index is 13.1. The molecule has 0 aliphatic carbocycles. The molecule has 1 atom stereocenters. The fraction of sp³-hybridized carbons (Fsp3) is 0.600. The second-order valence-electron chi connectivity index (χ2n) is 7.78. The van der Waals surface area contributed by atoms with Gasteiger partial charge in [0.1, 0.15) is 11.4 Å². The van der Waals surface area contributed by atoms with Gasteiger partial charge in [-0.05, 0) is 55.9 Å². The van der Waals surface area contributed by atoms with Crippen LogP contribution in [0, 0.1) is 11.7 Å². The zero-order valence-electron chi connectivity index (χ0n) is 16.9. The van der Waals surface area contributed by atoms with E-state index in [1.807, 2.05) is 0 Å². The summed E-state index contributed by atoms with van der Waals surface area (Å²) in [6.07, 6.45) is 3.80. The van der Waals surface area contributed by atoms with E-state index in [1.54, 1.807) is 12.1 Å². The number of aliphatic carboxylic acids is 1. The standard InChI is InChI=1S/C20H31BFN2O4P/c1-29-18(14-15-4-6-17(22)7-5-15)24-12-8-16(9-13-24)20(23,19(25)26)10-2-3-11-21(27)28/h4-7,16,27-28H,2-3,8-14,23H2,1H3,(H,25,26). The van der Waals surface area contributed by atoms with Crippen molar-refractivity contribution < 1.29 is 24.3 Å². The lowest BCUT2D eigenvalue weighted by molar-refractivity contribution is -0.146. The number of likely N-dealkylation sites (tertiary alicyclic amines) is 1. The Bertz CT molecular complexity index is 696. The van der Waals surface area contributed by atoms with Gasteiger partial charge in [-0.25, -0.2) is 4.39 Å². The predicted molar refractivity (Wildman–Crippen MR) is 116 cm³/mol. The summed E-state index contributed by atoms with van der Waals surface area (Å²) in [7, 11) is -0.216. The first kappa shape index (κ1) is 24.0. The zero-order chi connectivity index (χ0) is 21.4. The topological polar surface area (TPSA) is 107 Å². The molecular formula is C20H31BFN2O4P. The van der Waals surface area contributed by atoms with Crippen LogP contribution in [-0.2, 0) is 11.2 Å². The van der Waals surface area contributed by atoms with Crippen molar-refractivity contribution >= 4 is 26.7 Å². The quantitative estimate of drug-likeness (QED) is 0.261.